The van der Waals surface area contributed by atoms with Crippen molar-refractivity contribution in [3.05, 3.63) is 51.4 Å². The standard InChI is InChI=1S/C14H17IN2O/c1-3-8-17-10-12(9-16-17)14(2,18)11-4-6-13(15)7-5-11/h4-7,9-10,18H,3,8H2,1-2H3. The van der Waals surface area contributed by atoms with Gasteiger partial charge in [0.1, 0.15) is 5.60 Å². The van der Waals surface area contributed by atoms with Crippen LogP contribution < -0.4 is 0 Å². The molecule has 3 nitrogen and oxygen atoms in total. The van der Waals surface area contributed by atoms with Crippen LogP contribution in [0.1, 0.15) is 31.4 Å². The molecular weight excluding hydrogens is 339 g/mol. The lowest BCUT2D eigenvalue weighted by molar-refractivity contribution is 0.102. The van der Waals surface area contributed by atoms with E-state index in [2.05, 4.69) is 34.6 Å². The van der Waals surface area contributed by atoms with E-state index in [0.29, 0.717) is 0 Å². The van der Waals surface area contributed by atoms with Crippen LogP contribution in [0.4, 0.5) is 0 Å². The van der Waals surface area contributed by atoms with Gasteiger partial charge in [-0.15, -0.1) is 0 Å². The summed E-state index contributed by atoms with van der Waals surface area (Å²) in [6, 6.07) is 7.92. The van der Waals surface area contributed by atoms with E-state index in [4.69, 9.17) is 0 Å². The predicted molar refractivity (Wildman–Crippen MR) is 80.3 cm³/mol. The number of aromatic nitrogens is 2. The molecule has 1 unspecified atom stereocenters. The summed E-state index contributed by atoms with van der Waals surface area (Å²) >= 11 is 2.26. The van der Waals surface area contributed by atoms with Gasteiger partial charge in [0.15, 0.2) is 0 Å². The van der Waals surface area contributed by atoms with Crippen molar-refractivity contribution in [3.63, 3.8) is 0 Å². The minimum Gasteiger partial charge on any atom is -0.381 e. The van der Waals surface area contributed by atoms with Crippen molar-refractivity contribution in [1.82, 2.24) is 9.78 Å². The third-order valence-electron chi connectivity index (χ3n) is 3.05. The van der Waals surface area contributed by atoms with E-state index >= 15 is 0 Å². The largest absolute Gasteiger partial charge is 0.381 e. The fourth-order valence-electron chi connectivity index (χ4n) is 1.91. The maximum atomic E-state index is 10.7. The first kappa shape index (κ1) is 13.5. The first-order valence-electron chi connectivity index (χ1n) is 6.05. The van der Waals surface area contributed by atoms with Gasteiger partial charge in [0.25, 0.3) is 0 Å². The van der Waals surface area contributed by atoms with Crippen LogP contribution in [0.2, 0.25) is 0 Å². The second-order valence-electron chi connectivity index (χ2n) is 4.57. The lowest BCUT2D eigenvalue weighted by Gasteiger charge is -2.22. The molecule has 0 amide bonds. The van der Waals surface area contributed by atoms with E-state index in [0.717, 1.165) is 27.7 Å². The molecule has 0 aliphatic carbocycles. The normalized spacial score (nSPS) is 14.4. The molecule has 0 bridgehead atoms. The number of aryl methyl sites for hydroxylation is 1. The molecule has 0 aliphatic rings. The number of hydrogen-bond donors (Lipinski definition) is 1. The van der Waals surface area contributed by atoms with Crippen molar-refractivity contribution in [1.29, 1.82) is 0 Å². The van der Waals surface area contributed by atoms with Crippen molar-refractivity contribution in [2.24, 2.45) is 0 Å². The van der Waals surface area contributed by atoms with Crippen molar-refractivity contribution in [2.45, 2.75) is 32.4 Å². The summed E-state index contributed by atoms with van der Waals surface area (Å²) in [5.74, 6) is 0. The van der Waals surface area contributed by atoms with Gasteiger partial charge in [-0.1, -0.05) is 19.1 Å². The van der Waals surface area contributed by atoms with Gasteiger partial charge in [0.05, 0.1) is 6.20 Å². The van der Waals surface area contributed by atoms with Crippen LogP contribution in [0, 0.1) is 3.57 Å². The quantitative estimate of drug-likeness (QED) is 0.855. The zero-order chi connectivity index (χ0) is 13.2. The molecule has 0 aliphatic heterocycles. The highest BCUT2D eigenvalue weighted by atomic mass is 127. The lowest BCUT2D eigenvalue weighted by Crippen LogP contribution is -2.22. The molecule has 1 heterocycles. The molecule has 2 rings (SSSR count). The monoisotopic (exact) mass is 356 g/mol. The highest BCUT2D eigenvalue weighted by Crippen LogP contribution is 2.29. The SMILES string of the molecule is CCCn1cc(C(C)(O)c2ccc(I)cc2)cn1. The molecule has 0 spiro atoms. The second-order valence-corrected chi connectivity index (χ2v) is 5.82. The summed E-state index contributed by atoms with van der Waals surface area (Å²) in [5, 5.41) is 14.9. The molecular formula is C14H17IN2O. The second kappa shape index (κ2) is 5.40. The molecule has 1 atom stereocenters. The molecule has 1 aromatic carbocycles. The number of nitrogens with zero attached hydrogens (tertiary/aromatic N) is 2. The average molecular weight is 356 g/mol. The molecule has 0 saturated carbocycles. The number of hydrogen-bond acceptors (Lipinski definition) is 2. The molecule has 0 fully saturated rings. The summed E-state index contributed by atoms with van der Waals surface area (Å²) in [5.41, 5.74) is 0.729. The summed E-state index contributed by atoms with van der Waals surface area (Å²) in [7, 11) is 0. The van der Waals surface area contributed by atoms with Gasteiger partial charge in [0.2, 0.25) is 0 Å². The molecule has 0 radical (unpaired) electrons. The summed E-state index contributed by atoms with van der Waals surface area (Å²) < 4.78 is 3.03. The Kier molecular flexibility index (Phi) is 4.07. The van der Waals surface area contributed by atoms with E-state index in [9.17, 15) is 5.11 Å². The van der Waals surface area contributed by atoms with Crippen LogP contribution in [0.3, 0.4) is 0 Å². The zero-order valence-corrected chi connectivity index (χ0v) is 12.8. The van der Waals surface area contributed by atoms with Gasteiger partial charge in [-0.25, -0.2) is 0 Å². The van der Waals surface area contributed by atoms with Crippen LogP contribution in [0.15, 0.2) is 36.7 Å². The molecule has 1 N–H and O–H groups in total. The average Bonchev–Trinajstić information content (AvgIpc) is 2.79. The maximum absolute atomic E-state index is 10.7. The Hall–Kier alpha value is -0.880. The van der Waals surface area contributed by atoms with Gasteiger partial charge < -0.3 is 5.11 Å². The van der Waals surface area contributed by atoms with Crippen LogP contribution >= 0.6 is 22.6 Å². The third-order valence-corrected chi connectivity index (χ3v) is 3.77. The van der Waals surface area contributed by atoms with Gasteiger partial charge in [-0.3, -0.25) is 4.68 Å². The fourth-order valence-corrected chi connectivity index (χ4v) is 2.27. The van der Waals surface area contributed by atoms with Gasteiger partial charge in [-0.05, 0) is 53.6 Å². The third kappa shape index (κ3) is 2.75. The van der Waals surface area contributed by atoms with Gasteiger partial charge in [0, 0.05) is 21.9 Å². The van der Waals surface area contributed by atoms with E-state index in [-0.39, 0.29) is 0 Å². The van der Waals surface area contributed by atoms with Gasteiger partial charge in [-0.2, -0.15) is 5.10 Å². The Morgan fingerprint density at radius 2 is 1.94 bits per heavy atom. The molecule has 18 heavy (non-hydrogen) atoms. The zero-order valence-electron chi connectivity index (χ0n) is 10.6. The summed E-state index contributed by atoms with van der Waals surface area (Å²) in [6.07, 6.45) is 4.70. The van der Waals surface area contributed by atoms with Crippen LogP contribution in [-0.2, 0) is 12.1 Å². The summed E-state index contributed by atoms with van der Waals surface area (Å²) in [6.45, 7) is 4.80. The van der Waals surface area contributed by atoms with Gasteiger partial charge >= 0.3 is 0 Å². The Balaban J connectivity index is 2.31. The Labute approximate surface area is 121 Å². The first-order chi connectivity index (χ1) is 8.54. The number of aliphatic hydroxyl groups is 1. The lowest BCUT2D eigenvalue weighted by atomic mass is 9.90. The number of benzene rings is 1. The predicted octanol–water partition coefficient (Wildman–Crippen LogP) is 3.15. The number of halogens is 1. The molecule has 2 aromatic rings. The van der Waals surface area contributed by atoms with Crippen molar-refractivity contribution in [3.8, 4) is 0 Å². The number of rotatable bonds is 4. The molecule has 1 aromatic heterocycles. The van der Waals surface area contributed by atoms with E-state index in [1.54, 1.807) is 6.20 Å². The van der Waals surface area contributed by atoms with E-state index in [1.807, 2.05) is 42.1 Å². The highest BCUT2D eigenvalue weighted by Gasteiger charge is 2.27. The maximum Gasteiger partial charge on any atom is 0.115 e. The molecule has 96 valence electrons. The first-order valence-corrected chi connectivity index (χ1v) is 7.13. The minimum atomic E-state index is -0.990. The molecule has 0 saturated heterocycles. The minimum absolute atomic E-state index is 0.831. The highest BCUT2D eigenvalue weighted by molar-refractivity contribution is 14.1. The van der Waals surface area contributed by atoms with Crippen molar-refractivity contribution >= 4 is 22.6 Å². The Morgan fingerprint density at radius 3 is 2.56 bits per heavy atom. The van der Waals surface area contributed by atoms with E-state index < -0.39 is 5.60 Å². The molecule has 4 heteroatoms. The van der Waals surface area contributed by atoms with Crippen LogP contribution in [0.5, 0.6) is 0 Å². The fraction of sp³-hybridized carbons (Fsp3) is 0.357. The smallest absolute Gasteiger partial charge is 0.115 e. The van der Waals surface area contributed by atoms with Crippen LogP contribution in [0.25, 0.3) is 0 Å². The Bertz CT molecular complexity index is 517. The van der Waals surface area contributed by atoms with Crippen molar-refractivity contribution < 1.29 is 5.11 Å². The van der Waals surface area contributed by atoms with Crippen LogP contribution in [-0.4, -0.2) is 14.9 Å². The topological polar surface area (TPSA) is 38.0 Å². The summed E-state index contributed by atoms with van der Waals surface area (Å²) in [4.78, 5) is 0. The van der Waals surface area contributed by atoms with Crippen molar-refractivity contribution in [2.75, 3.05) is 0 Å². The van der Waals surface area contributed by atoms with E-state index in [1.165, 1.54) is 0 Å². The Morgan fingerprint density at radius 1 is 1.28 bits per heavy atom.